The third-order valence-corrected chi connectivity index (χ3v) is 5.67. The number of carbonyl (C=O) groups is 1. The Morgan fingerprint density at radius 3 is 2.33 bits per heavy atom. The van der Waals surface area contributed by atoms with Crippen molar-refractivity contribution in [1.82, 2.24) is 30.3 Å². The van der Waals surface area contributed by atoms with E-state index in [1.165, 1.54) is 18.3 Å². The molecule has 0 spiro atoms. The molecule has 0 amide bonds. The van der Waals surface area contributed by atoms with Crippen LogP contribution in [0.15, 0.2) is 36.7 Å². The lowest BCUT2D eigenvalue weighted by Gasteiger charge is -2.45. The van der Waals surface area contributed by atoms with Crippen LogP contribution in [0.3, 0.4) is 0 Å². The number of alkyl halides is 3. The second kappa shape index (κ2) is 9.16. The number of carbonyl (C=O) groups excluding carboxylic acids is 1. The minimum atomic E-state index is -5.17. The van der Waals surface area contributed by atoms with Crippen molar-refractivity contribution in [1.29, 1.82) is 0 Å². The minimum absolute atomic E-state index is 0.0520. The second-order valence-electron chi connectivity index (χ2n) is 10.1. The summed E-state index contributed by atoms with van der Waals surface area (Å²) in [5.74, 6) is -2.69. The van der Waals surface area contributed by atoms with Crippen molar-refractivity contribution >= 4 is 5.97 Å². The van der Waals surface area contributed by atoms with Crippen LogP contribution in [0.5, 0.6) is 11.8 Å². The number of nitrogens with zero attached hydrogens (tertiary/aromatic N) is 5. The molecule has 1 fully saturated rings. The summed E-state index contributed by atoms with van der Waals surface area (Å²) in [6.45, 7) is 8.35. The van der Waals surface area contributed by atoms with Crippen molar-refractivity contribution in [3.8, 4) is 34.3 Å². The van der Waals surface area contributed by atoms with Crippen LogP contribution in [0.1, 0.15) is 40.5 Å². The van der Waals surface area contributed by atoms with Crippen LogP contribution in [0.25, 0.3) is 22.5 Å². The Morgan fingerprint density at radius 2 is 1.78 bits per heavy atom. The van der Waals surface area contributed by atoms with Crippen molar-refractivity contribution < 1.29 is 27.4 Å². The number of aromatic nitrogens is 5. The molecule has 1 aliphatic rings. The predicted octanol–water partition coefficient (Wildman–Crippen LogP) is 4.09. The molecule has 3 heterocycles. The number of rotatable bonds is 5. The molecular formula is C24H27F3N6O3. The second-order valence-corrected chi connectivity index (χ2v) is 10.1. The summed E-state index contributed by atoms with van der Waals surface area (Å²) in [4.78, 5) is 15.8. The number of esters is 1. The Labute approximate surface area is 206 Å². The van der Waals surface area contributed by atoms with Gasteiger partial charge in [-0.25, -0.2) is 9.78 Å². The predicted molar refractivity (Wildman–Crippen MR) is 124 cm³/mol. The van der Waals surface area contributed by atoms with Crippen LogP contribution >= 0.6 is 0 Å². The van der Waals surface area contributed by atoms with Crippen molar-refractivity contribution in [2.75, 3.05) is 0 Å². The van der Waals surface area contributed by atoms with Crippen molar-refractivity contribution in [3.63, 3.8) is 0 Å². The highest BCUT2D eigenvalue weighted by Crippen LogP contribution is 2.35. The van der Waals surface area contributed by atoms with Gasteiger partial charge in [0.15, 0.2) is 0 Å². The molecule has 1 N–H and O–H groups in total. The molecule has 1 saturated heterocycles. The van der Waals surface area contributed by atoms with Crippen molar-refractivity contribution in [2.45, 2.75) is 63.9 Å². The normalized spacial score (nSPS) is 17.6. The van der Waals surface area contributed by atoms with Gasteiger partial charge in [-0.2, -0.15) is 18.3 Å². The number of nitrogens with one attached hydrogen (secondary N) is 1. The molecule has 1 aromatic carbocycles. The van der Waals surface area contributed by atoms with Crippen LogP contribution in [-0.4, -0.2) is 54.3 Å². The van der Waals surface area contributed by atoms with E-state index in [0.29, 0.717) is 11.3 Å². The maximum Gasteiger partial charge on any atom is 0.491 e. The molecule has 0 radical (unpaired) electrons. The lowest BCUT2D eigenvalue weighted by Crippen LogP contribution is -2.60. The van der Waals surface area contributed by atoms with Gasteiger partial charge >= 0.3 is 18.2 Å². The minimum Gasteiger partial charge on any atom is -0.459 e. The monoisotopic (exact) mass is 504 g/mol. The molecule has 0 unspecified atom stereocenters. The Balaban J connectivity index is 1.61. The molecule has 0 bridgehead atoms. The number of hydrogen-bond acceptors (Lipinski definition) is 8. The lowest BCUT2D eigenvalue weighted by atomic mass is 9.81. The molecule has 12 heteroatoms. The van der Waals surface area contributed by atoms with Gasteiger partial charge in [-0.15, -0.1) is 5.10 Å². The zero-order valence-corrected chi connectivity index (χ0v) is 20.6. The average Bonchev–Trinajstić information content (AvgIpc) is 3.18. The highest BCUT2D eigenvalue weighted by atomic mass is 19.4. The number of halogens is 3. The lowest BCUT2D eigenvalue weighted by molar-refractivity contribution is -0.189. The van der Waals surface area contributed by atoms with Gasteiger partial charge in [0.05, 0.1) is 11.9 Å². The SMILES string of the molecule is Cn1ccc(-c2ccc(-c3cnc(OC4CC(C)(C)NC(C)(C)C4)nn3)c(OC(=O)C(F)(F)F)c2)n1. The first kappa shape index (κ1) is 25.5. The molecule has 3 aromatic rings. The molecule has 9 nitrogen and oxygen atoms in total. The van der Waals surface area contributed by atoms with Gasteiger partial charge in [0.25, 0.3) is 0 Å². The fourth-order valence-corrected chi connectivity index (χ4v) is 4.61. The maximum atomic E-state index is 12.9. The third-order valence-electron chi connectivity index (χ3n) is 5.67. The Kier molecular flexibility index (Phi) is 6.50. The summed E-state index contributed by atoms with van der Waals surface area (Å²) in [5, 5.41) is 15.9. The van der Waals surface area contributed by atoms with Crippen LogP contribution in [0.2, 0.25) is 0 Å². The first-order valence-electron chi connectivity index (χ1n) is 11.3. The third kappa shape index (κ3) is 5.99. The van der Waals surface area contributed by atoms with Gasteiger partial charge < -0.3 is 14.8 Å². The van der Waals surface area contributed by atoms with E-state index in [1.807, 2.05) is 0 Å². The Morgan fingerprint density at radius 1 is 1.08 bits per heavy atom. The summed E-state index contributed by atoms with van der Waals surface area (Å²) in [7, 11) is 1.71. The molecule has 0 atom stereocenters. The maximum absolute atomic E-state index is 12.9. The van der Waals surface area contributed by atoms with Gasteiger partial charge in [0, 0.05) is 48.3 Å². The average molecular weight is 505 g/mol. The van der Waals surface area contributed by atoms with E-state index in [9.17, 15) is 18.0 Å². The van der Waals surface area contributed by atoms with E-state index in [-0.39, 0.29) is 40.2 Å². The van der Waals surface area contributed by atoms with Crippen molar-refractivity contribution in [2.24, 2.45) is 7.05 Å². The first-order chi connectivity index (χ1) is 16.7. The highest BCUT2D eigenvalue weighted by Gasteiger charge is 2.42. The van der Waals surface area contributed by atoms with Gasteiger partial charge in [0.2, 0.25) is 0 Å². The van der Waals surface area contributed by atoms with E-state index in [0.717, 1.165) is 12.8 Å². The Hall–Kier alpha value is -3.54. The fourth-order valence-electron chi connectivity index (χ4n) is 4.61. The highest BCUT2D eigenvalue weighted by molar-refractivity contribution is 5.82. The molecule has 4 rings (SSSR count). The molecule has 2 aromatic heterocycles. The summed E-state index contributed by atoms with van der Waals surface area (Å²) in [6, 6.07) is 6.14. The van der Waals surface area contributed by atoms with E-state index in [4.69, 9.17) is 9.47 Å². The van der Waals surface area contributed by atoms with Gasteiger partial charge in [-0.1, -0.05) is 11.2 Å². The van der Waals surface area contributed by atoms with Crippen LogP contribution in [-0.2, 0) is 11.8 Å². The van der Waals surface area contributed by atoms with Crippen LogP contribution in [0.4, 0.5) is 13.2 Å². The smallest absolute Gasteiger partial charge is 0.459 e. The molecular weight excluding hydrogens is 477 g/mol. The summed E-state index contributed by atoms with van der Waals surface area (Å²) in [5.41, 5.74) is 0.892. The number of ether oxygens (including phenoxy) is 2. The van der Waals surface area contributed by atoms with Gasteiger partial charge in [-0.05, 0) is 45.9 Å². The summed E-state index contributed by atoms with van der Waals surface area (Å²) in [6.07, 6.45) is -0.854. The van der Waals surface area contributed by atoms with E-state index in [2.05, 4.69) is 53.3 Å². The van der Waals surface area contributed by atoms with E-state index >= 15 is 0 Å². The number of aryl methyl sites for hydroxylation is 1. The van der Waals surface area contributed by atoms with Crippen LogP contribution in [0, 0.1) is 0 Å². The van der Waals surface area contributed by atoms with E-state index in [1.54, 1.807) is 30.1 Å². The van der Waals surface area contributed by atoms with Gasteiger partial charge in [0.1, 0.15) is 17.5 Å². The molecule has 0 aliphatic carbocycles. The largest absolute Gasteiger partial charge is 0.491 e. The molecule has 192 valence electrons. The number of piperidine rings is 1. The van der Waals surface area contributed by atoms with Crippen molar-refractivity contribution in [3.05, 3.63) is 36.7 Å². The summed E-state index contributed by atoms with van der Waals surface area (Å²) < 4.78 is 51.0. The molecule has 1 aliphatic heterocycles. The van der Waals surface area contributed by atoms with Gasteiger partial charge in [-0.3, -0.25) is 4.68 Å². The zero-order valence-electron chi connectivity index (χ0n) is 20.6. The molecule has 36 heavy (non-hydrogen) atoms. The summed E-state index contributed by atoms with van der Waals surface area (Å²) >= 11 is 0. The number of hydrogen-bond donors (Lipinski definition) is 1. The quantitative estimate of drug-likeness (QED) is 0.409. The standard InChI is InChI=1S/C24H27F3N6O3/c1-22(2)11-15(12-23(3,4)32-22)35-21-28-13-18(29-30-21)16-7-6-14(17-8-9-33(5)31-17)10-19(16)36-20(34)24(25,26)27/h6-10,13,15,32H,11-12H2,1-5H3. The van der Waals surface area contributed by atoms with E-state index < -0.39 is 12.1 Å². The van der Waals surface area contributed by atoms with Crippen LogP contribution < -0.4 is 14.8 Å². The zero-order chi connectivity index (χ0) is 26.3. The number of benzene rings is 1. The first-order valence-corrected chi connectivity index (χ1v) is 11.3. The Bertz CT molecular complexity index is 1240. The molecule has 0 saturated carbocycles. The topological polar surface area (TPSA) is 104 Å². The fraction of sp³-hybridized carbons (Fsp3) is 0.458.